The van der Waals surface area contributed by atoms with Crippen LogP contribution in [0.1, 0.15) is 6.92 Å². The maximum atomic E-state index is 8.11. The molecule has 0 rings (SSSR count). The summed E-state index contributed by atoms with van der Waals surface area (Å²) in [6.07, 6.45) is 0. The van der Waals surface area contributed by atoms with Crippen molar-refractivity contribution in [3.8, 4) is 6.07 Å². The average Bonchev–Trinajstić information content (AvgIpc) is 1.65. The van der Waals surface area contributed by atoms with E-state index in [0.717, 1.165) is 0 Å². The van der Waals surface area contributed by atoms with Gasteiger partial charge in [-0.2, -0.15) is 5.26 Å². The summed E-state index contributed by atoms with van der Waals surface area (Å²) in [6.45, 7) is 1.70. The number of nitrogens with zero attached hydrogens (tertiary/aromatic N) is 1. The minimum Gasteiger partial charge on any atom is -0.297 e. The van der Waals surface area contributed by atoms with Gasteiger partial charge in [-0.3, -0.25) is 5.41 Å². The van der Waals surface area contributed by atoms with E-state index in [1.54, 1.807) is 6.92 Å². The van der Waals surface area contributed by atoms with Crippen LogP contribution < -0.4 is 0 Å². The van der Waals surface area contributed by atoms with Gasteiger partial charge in [0.2, 0.25) is 0 Å². The molecule has 0 aromatic rings. The van der Waals surface area contributed by atoms with Crippen molar-refractivity contribution in [2.24, 2.45) is 5.92 Å². The van der Waals surface area contributed by atoms with E-state index in [0.29, 0.717) is 3.72 Å². The molecule has 0 amide bonds. The van der Waals surface area contributed by atoms with Crippen LogP contribution in [0.25, 0.3) is 0 Å². The lowest BCUT2D eigenvalue weighted by Gasteiger charge is -1.89. The highest BCUT2D eigenvalue weighted by Gasteiger charge is 1.99. The van der Waals surface area contributed by atoms with Gasteiger partial charge in [-0.1, -0.05) is 0 Å². The van der Waals surface area contributed by atoms with Crippen LogP contribution in [0.3, 0.4) is 0 Å². The van der Waals surface area contributed by atoms with Gasteiger partial charge in [0.1, 0.15) is 0 Å². The number of nitrogens with one attached hydrogen (secondary N) is 1. The molecule has 0 saturated carbocycles. The lowest BCUT2D eigenvalue weighted by molar-refractivity contribution is 1.03. The number of rotatable bonds is 1. The molecule has 0 fully saturated rings. The van der Waals surface area contributed by atoms with E-state index in [4.69, 9.17) is 10.7 Å². The summed E-state index contributed by atoms with van der Waals surface area (Å²) in [4.78, 5) is 0. The molecule has 0 saturated heterocycles. The third-order valence-corrected chi connectivity index (χ3v) is 1.51. The lowest BCUT2D eigenvalue weighted by Crippen LogP contribution is -1.96. The van der Waals surface area contributed by atoms with Gasteiger partial charge < -0.3 is 0 Å². The van der Waals surface area contributed by atoms with Crippen LogP contribution in [-0.2, 0) is 0 Å². The summed E-state index contributed by atoms with van der Waals surface area (Å²) in [5.41, 5.74) is 0. The smallest absolute Gasteiger partial charge is 0.0908 e. The quantitative estimate of drug-likeness (QED) is 0.515. The minimum atomic E-state index is -0.222. The van der Waals surface area contributed by atoms with Gasteiger partial charge in [0, 0.05) is 0 Å². The molecule has 0 aliphatic rings. The number of hydrogen-bond acceptors (Lipinski definition) is 2. The average molecular weight is 208 g/mol. The third kappa shape index (κ3) is 2.57. The first kappa shape index (κ1) is 6.89. The Morgan fingerprint density at radius 2 is 2.43 bits per heavy atom. The molecule has 7 heavy (non-hydrogen) atoms. The second-order valence-corrected chi connectivity index (χ2v) is 2.36. The molecule has 0 aliphatic carbocycles. The van der Waals surface area contributed by atoms with E-state index in [2.05, 4.69) is 0 Å². The summed E-state index contributed by atoms with van der Waals surface area (Å²) in [5, 5.41) is 15.0. The van der Waals surface area contributed by atoms with Crippen LogP contribution in [0.5, 0.6) is 0 Å². The monoisotopic (exact) mass is 208 g/mol. The molecule has 0 spiro atoms. The fraction of sp³-hybridized carbons (Fsp3) is 0.500. The molecule has 2 nitrogen and oxygen atoms in total. The summed E-state index contributed by atoms with van der Waals surface area (Å²) in [6, 6.07) is 1.93. The van der Waals surface area contributed by atoms with Crippen LogP contribution >= 0.6 is 22.6 Å². The van der Waals surface area contributed by atoms with Crippen LogP contribution in [0, 0.1) is 22.7 Å². The van der Waals surface area contributed by atoms with Crippen molar-refractivity contribution in [2.75, 3.05) is 0 Å². The molecule has 0 radical (unpaired) electrons. The second-order valence-electron chi connectivity index (χ2n) is 1.20. The van der Waals surface area contributed by atoms with E-state index >= 15 is 0 Å². The van der Waals surface area contributed by atoms with Gasteiger partial charge in [0.15, 0.2) is 0 Å². The second kappa shape index (κ2) is 2.97. The summed E-state index contributed by atoms with van der Waals surface area (Å²) in [5.74, 6) is -0.222. The normalized spacial score (nSPS) is 12.1. The maximum Gasteiger partial charge on any atom is 0.0908 e. The molecule has 0 bridgehead atoms. The van der Waals surface area contributed by atoms with Crippen molar-refractivity contribution in [3.05, 3.63) is 0 Å². The number of halogens is 1. The highest BCUT2D eigenvalue weighted by atomic mass is 127. The molecule has 1 atom stereocenters. The molecule has 1 unspecified atom stereocenters. The maximum absolute atomic E-state index is 8.11. The van der Waals surface area contributed by atoms with E-state index in [1.807, 2.05) is 28.7 Å². The number of nitriles is 1. The zero-order valence-electron chi connectivity index (χ0n) is 3.90. The molecule has 0 heterocycles. The largest absolute Gasteiger partial charge is 0.297 e. The van der Waals surface area contributed by atoms with E-state index in [1.165, 1.54) is 0 Å². The highest BCUT2D eigenvalue weighted by molar-refractivity contribution is 14.1. The standard InChI is InChI=1S/C4H5IN2/c1-3(2-6)4(5)7/h3,7H,1H3. The van der Waals surface area contributed by atoms with Crippen molar-refractivity contribution in [1.82, 2.24) is 0 Å². The van der Waals surface area contributed by atoms with Crippen LogP contribution in [0.4, 0.5) is 0 Å². The molecule has 38 valence electrons. The predicted molar refractivity (Wildman–Crippen MR) is 36.5 cm³/mol. The Morgan fingerprint density at radius 3 is 2.43 bits per heavy atom. The van der Waals surface area contributed by atoms with Crippen molar-refractivity contribution in [1.29, 1.82) is 10.7 Å². The van der Waals surface area contributed by atoms with Crippen molar-refractivity contribution >= 4 is 26.3 Å². The predicted octanol–water partition coefficient (Wildman–Crippen LogP) is 1.56. The van der Waals surface area contributed by atoms with E-state index < -0.39 is 0 Å². The SMILES string of the molecule is CC(C#N)C(=N)I. The van der Waals surface area contributed by atoms with Gasteiger partial charge in [0.25, 0.3) is 0 Å². The Balaban J connectivity index is 3.63. The van der Waals surface area contributed by atoms with Crippen LogP contribution in [0.15, 0.2) is 0 Å². The molecule has 1 N–H and O–H groups in total. The Morgan fingerprint density at radius 1 is 2.00 bits per heavy atom. The molecule has 0 aliphatic heterocycles. The first-order valence-corrected chi connectivity index (χ1v) is 2.90. The van der Waals surface area contributed by atoms with Gasteiger partial charge in [-0.05, 0) is 29.5 Å². The minimum absolute atomic E-state index is 0.222. The van der Waals surface area contributed by atoms with Crippen molar-refractivity contribution in [2.45, 2.75) is 6.92 Å². The summed E-state index contributed by atoms with van der Waals surface area (Å²) in [7, 11) is 0. The Bertz CT molecular complexity index is 113. The molecular formula is C4H5IN2. The molecular weight excluding hydrogens is 203 g/mol. The third-order valence-electron chi connectivity index (χ3n) is 0.574. The van der Waals surface area contributed by atoms with E-state index in [9.17, 15) is 0 Å². The highest BCUT2D eigenvalue weighted by Crippen LogP contribution is 2.00. The molecule has 0 aromatic carbocycles. The Hall–Kier alpha value is -0.110. The first-order chi connectivity index (χ1) is 3.18. The fourth-order valence-corrected chi connectivity index (χ4v) is 0.196. The topological polar surface area (TPSA) is 47.6 Å². The van der Waals surface area contributed by atoms with Gasteiger partial charge in [0.05, 0.1) is 15.7 Å². The van der Waals surface area contributed by atoms with E-state index in [-0.39, 0.29) is 5.92 Å². The molecule has 0 aromatic heterocycles. The van der Waals surface area contributed by atoms with Crippen molar-refractivity contribution in [3.63, 3.8) is 0 Å². The Labute approximate surface area is 56.2 Å². The summed E-state index contributed by atoms with van der Waals surface area (Å²) >= 11 is 1.83. The fourth-order valence-electron chi connectivity index (χ4n) is 0.0567. The lowest BCUT2D eigenvalue weighted by atomic mass is 10.2. The van der Waals surface area contributed by atoms with Gasteiger partial charge >= 0.3 is 0 Å². The zero-order valence-corrected chi connectivity index (χ0v) is 6.06. The van der Waals surface area contributed by atoms with Gasteiger partial charge in [-0.15, -0.1) is 0 Å². The van der Waals surface area contributed by atoms with Crippen LogP contribution in [0.2, 0.25) is 0 Å². The zero-order chi connectivity index (χ0) is 5.86. The molecule has 3 heteroatoms. The Kier molecular flexibility index (Phi) is 2.92. The number of hydrogen-bond donors (Lipinski definition) is 1. The van der Waals surface area contributed by atoms with Crippen molar-refractivity contribution < 1.29 is 0 Å². The van der Waals surface area contributed by atoms with Crippen LogP contribution in [-0.4, -0.2) is 3.72 Å². The van der Waals surface area contributed by atoms with Gasteiger partial charge in [-0.25, -0.2) is 0 Å². The first-order valence-electron chi connectivity index (χ1n) is 1.82. The summed E-state index contributed by atoms with van der Waals surface area (Å²) < 4.78 is 0.403.